The highest BCUT2D eigenvalue weighted by atomic mass is 16.6. The van der Waals surface area contributed by atoms with Gasteiger partial charge < -0.3 is 24.8 Å². The second kappa shape index (κ2) is 16.5. The zero-order chi connectivity index (χ0) is 19.7. The summed E-state index contributed by atoms with van der Waals surface area (Å²) in [5.41, 5.74) is 0. The number of hydrogen-bond acceptors (Lipinski definition) is 5. The number of ether oxygens (including phenoxy) is 2. The van der Waals surface area contributed by atoms with Crippen molar-refractivity contribution in [3.05, 3.63) is 12.2 Å². The van der Waals surface area contributed by atoms with Gasteiger partial charge in [0.25, 0.3) is 0 Å². The van der Waals surface area contributed by atoms with Crippen LogP contribution in [0.1, 0.15) is 84.0 Å². The molecule has 1 aliphatic heterocycles. The highest BCUT2D eigenvalue weighted by molar-refractivity contribution is 4.87. The van der Waals surface area contributed by atoms with E-state index in [4.69, 9.17) is 14.6 Å². The van der Waals surface area contributed by atoms with Crippen LogP contribution >= 0.6 is 0 Å². The van der Waals surface area contributed by atoms with E-state index in [0.29, 0.717) is 6.61 Å². The number of rotatable bonds is 16. The van der Waals surface area contributed by atoms with Crippen molar-refractivity contribution in [1.29, 1.82) is 0 Å². The van der Waals surface area contributed by atoms with Gasteiger partial charge >= 0.3 is 0 Å². The topological polar surface area (TPSA) is 79.2 Å². The monoisotopic (exact) mass is 386 g/mol. The Morgan fingerprint density at radius 1 is 0.889 bits per heavy atom. The quantitative estimate of drug-likeness (QED) is 0.278. The Kier molecular flexibility index (Phi) is 15.0. The van der Waals surface area contributed by atoms with Gasteiger partial charge in [-0.1, -0.05) is 64.0 Å². The van der Waals surface area contributed by atoms with Gasteiger partial charge in [0, 0.05) is 6.61 Å². The van der Waals surface area contributed by atoms with Gasteiger partial charge in [0.1, 0.15) is 24.4 Å². The summed E-state index contributed by atoms with van der Waals surface area (Å²) >= 11 is 0. The van der Waals surface area contributed by atoms with Crippen molar-refractivity contribution in [1.82, 2.24) is 0 Å². The summed E-state index contributed by atoms with van der Waals surface area (Å²) in [6, 6.07) is 0. The lowest BCUT2D eigenvalue weighted by atomic mass is 10.0. The Morgan fingerprint density at radius 3 is 2.11 bits per heavy atom. The Balaban J connectivity index is 1.92. The molecule has 0 saturated carbocycles. The largest absolute Gasteiger partial charge is 0.394 e. The van der Waals surface area contributed by atoms with Crippen LogP contribution in [0.25, 0.3) is 0 Å². The molecule has 1 aliphatic rings. The Morgan fingerprint density at radius 2 is 1.48 bits per heavy atom. The third-order valence-electron chi connectivity index (χ3n) is 5.22. The lowest BCUT2D eigenvalue weighted by Gasteiger charge is -2.37. The molecule has 4 atom stereocenters. The summed E-state index contributed by atoms with van der Waals surface area (Å²) in [7, 11) is 0. The van der Waals surface area contributed by atoms with Crippen LogP contribution in [0.2, 0.25) is 0 Å². The summed E-state index contributed by atoms with van der Waals surface area (Å²) in [5.74, 6) is 0. The van der Waals surface area contributed by atoms with Crippen molar-refractivity contribution in [2.75, 3.05) is 19.8 Å². The molecule has 0 radical (unpaired) electrons. The van der Waals surface area contributed by atoms with E-state index < -0.39 is 24.4 Å². The van der Waals surface area contributed by atoms with Crippen molar-refractivity contribution in [3.8, 4) is 0 Å². The van der Waals surface area contributed by atoms with Gasteiger partial charge in [0.15, 0.2) is 0 Å². The molecule has 0 aromatic rings. The number of allylic oxidation sites excluding steroid dienone is 2. The Labute approximate surface area is 165 Å². The highest BCUT2D eigenvalue weighted by Crippen LogP contribution is 2.19. The SMILES string of the molecule is CCCCCCCCC/C=C/CCCCCO[C@@H]1[C@@H](O)[C@H](CO)OC[C@H]1O. The third kappa shape index (κ3) is 11.2. The molecular weight excluding hydrogens is 344 g/mol. The minimum Gasteiger partial charge on any atom is -0.394 e. The average molecular weight is 387 g/mol. The van der Waals surface area contributed by atoms with E-state index in [1.807, 2.05) is 0 Å². The maximum Gasteiger partial charge on any atom is 0.114 e. The van der Waals surface area contributed by atoms with E-state index in [9.17, 15) is 10.2 Å². The minimum absolute atomic E-state index is 0.0937. The van der Waals surface area contributed by atoms with Crippen molar-refractivity contribution in [2.24, 2.45) is 0 Å². The molecule has 160 valence electrons. The summed E-state index contributed by atoms with van der Waals surface area (Å²) in [6.45, 7) is 2.60. The molecule has 1 rings (SSSR count). The Hall–Kier alpha value is -0.460. The summed E-state index contributed by atoms with van der Waals surface area (Å²) in [4.78, 5) is 0. The van der Waals surface area contributed by atoms with Gasteiger partial charge in [-0.25, -0.2) is 0 Å². The number of hydrogen-bond donors (Lipinski definition) is 3. The smallest absolute Gasteiger partial charge is 0.114 e. The molecule has 0 amide bonds. The predicted octanol–water partition coefficient (Wildman–Crippen LogP) is 3.74. The molecule has 5 nitrogen and oxygen atoms in total. The van der Waals surface area contributed by atoms with Gasteiger partial charge in [-0.05, 0) is 32.1 Å². The van der Waals surface area contributed by atoms with Crippen LogP contribution in [-0.4, -0.2) is 59.6 Å². The van der Waals surface area contributed by atoms with Gasteiger partial charge in [-0.3, -0.25) is 0 Å². The molecule has 0 aromatic carbocycles. The molecule has 0 bridgehead atoms. The maximum absolute atomic E-state index is 10.0. The first kappa shape index (κ1) is 24.6. The molecule has 0 spiro atoms. The van der Waals surface area contributed by atoms with Crippen molar-refractivity contribution in [2.45, 2.75) is 108 Å². The predicted molar refractivity (Wildman–Crippen MR) is 109 cm³/mol. The molecule has 5 heteroatoms. The first-order valence-corrected chi connectivity index (χ1v) is 11.1. The number of unbranched alkanes of at least 4 members (excludes halogenated alkanes) is 10. The fourth-order valence-electron chi connectivity index (χ4n) is 3.44. The van der Waals surface area contributed by atoms with E-state index in [2.05, 4.69) is 19.1 Å². The molecule has 1 fully saturated rings. The van der Waals surface area contributed by atoms with Crippen molar-refractivity contribution >= 4 is 0 Å². The van der Waals surface area contributed by atoms with E-state index >= 15 is 0 Å². The molecule has 1 heterocycles. The molecule has 0 aliphatic carbocycles. The first-order chi connectivity index (χ1) is 13.2. The first-order valence-electron chi connectivity index (χ1n) is 11.1. The zero-order valence-electron chi connectivity index (χ0n) is 17.2. The zero-order valence-corrected chi connectivity index (χ0v) is 17.2. The second-order valence-corrected chi connectivity index (χ2v) is 7.68. The van der Waals surface area contributed by atoms with Crippen LogP contribution in [0, 0.1) is 0 Å². The minimum atomic E-state index is -0.978. The fraction of sp³-hybridized carbons (Fsp3) is 0.909. The summed E-state index contributed by atoms with van der Waals surface area (Å²) in [5, 5.41) is 29.0. The second-order valence-electron chi connectivity index (χ2n) is 7.68. The van der Waals surface area contributed by atoms with Crippen molar-refractivity contribution < 1.29 is 24.8 Å². The van der Waals surface area contributed by atoms with Crippen molar-refractivity contribution in [3.63, 3.8) is 0 Å². The van der Waals surface area contributed by atoms with Gasteiger partial charge in [0.05, 0.1) is 13.2 Å². The van der Waals surface area contributed by atoms with E-state index in [1.54, 1.807) is 0 Å². The molecule has 0 unspecified atom stereocenters. The normalized spacial score (nSPS) is 26.1. The third-order valence-corrected chi connectivity index (χ3v) is 5.22. The van der Waals surface area contributed by atoms with E-state index in [-0.39, 0.29) is 13.2 Å². The fourth-order valence-corrected chi connectivity index (χ4v) is 3.44. The number of aliphatic hydroxyl groups is 3. The van der Waals surface area contributed by atoms with E-state index in [0.717, 1.165) is 25.7 Å². The standard InChI is InChI=1S/C22H42O5/c1-2-3-4-5-6-7-8-9-10-11-12-13-14-15-16-26-22-19(24)18-27-20(17-23)21(22)25/h10-11,19-25H,2-9,12-18H2,1H3/b11-10+/t19-,20+,21+,22+/m1/s1. The van der Waals surface area contributed by atoms with Crippen LogP contribution in [0.15, 0.2) is 12.2 Å². The van der Waals surface area contributed by atoms with E-state index in [1.165, 1.54) is 51.4 Å². The molecule has 3 N–H and O–H groups in total. The number of aliphatic hydroxyl groups excluding tert-OH is 3. The van der Waals surface area contributed by atoms with Crippen LogP contribution in [0.3, 0.4) is 0 Å². The maximum atomic E-state index is 10.0. The summed E-state index contributed by atoms with van der Waals surface area (Å²) < 4.78 is 10.8. The summed E-state index contributed by atoms with van der Waals surface area (Å²) in [6.07, 6.45) is 16.4. The van der Waals surface area contributed by atoms with Crippen LogP contribution in [-0.2, 0) is 9.47 Å². The average Bonchev–Trinajstić information content (AvgIpc) is 2.67. The van der Waals surface area contributed by atoms with Crippen LogP contribution in [0.4, 0.5) is 0 Å². The van der Waals surface area contributed by atoms with Crippen LogP contribution < -0.4 is 0 Å². The highest BCUT2D eigenvalue weighted by Gasteiger charge is 2.38. The van der Waals surface area contributed by atoms with Gasteiger partial charge in [0.2, 0.25) is 0 Å². The molecule has 1 saturated heterocycles. The van der Waals surface area contributed by atoms with Crippen LogP contribution in [0.5, 0.6) is 0 Å². The lowest BCUT2D eigenvalue weighted by Crippen LogP contribution is -2.55. The van der Waals surface area contributed by atoms with Gasteiger partial charge in [-0.15, -0.1) is 0 Å². The Bertz CT molecular complexity index is 361. The molecule has 27 heavy (non-hydrogen) atoms. The molecular formula is C22H42O5. The molecule has 0 aromatic heterocycles. The van der Waals surface area contributed by atoms with Gasteiger partial charge in [-0.2, -0.15) is 0 Å². The lowest BCUT2D eigenvalue weighted by molar-refractivity contribution is -0.210.